The summed E-state index contributed by atoms with van der Waals surface area (Å²) in [5, 5.41) is 4.61. The lowest BCUT2D eigenvalue weighted by Crippen LogP contribution is -2.50. The molecule has 1 aliphatic heterocycles. The minimum absolute atomic E-state index is 0.100. The fourth-order valence-electron chi connectivity index (χ4n) is 3.04. The van der Waals surface area contributed by atoms with Gasteiger partial charge in [0.05, 0.1) is 5.69 Å². The molecule has 0 unspecified atom stereocenters. The summed E-state index contributed by atoms with van der Waals surface area (Å²) >= 11 is 6.14. The smallest absolute Gasteiger partial charge is 0.246 e. The molecule has 0 saturated carbocycles. The highest BCUT2D eigenvalue weighted by atomic mass is 35.5. The molecule has 2 aromatic rings. The van der Waals surface area contributed by atoms with E-state index in [2.05, 4.69) is 5.10 Å². The van der Waals surface area contributed by atoms with Gasteiger partial charge in [-0.2, -0.15) is 9.40 Å². The van der Waals surface area contributed by atoms with Crippen molar-refractivity contribution in [3.63, 3.8) is 0 Å². The molecular weight excluding hydrogens is 407 g/mol. The second kappa shape index (κ2) is 8.02. The molecule has 150 valence electrons. The van der Waals surface area contributed by atoms with Crippen LogP contribution in [0.3, 0.4) is 0 Å². The molecule has 0 radical (unpaired) electrons. The number of piperazine rings is 1. The van der Waals surface area contributed by atoms with Crippen LogP contribution in [0.25, 0.3) is 6.08 Å². The van der Waals surface area contributed by atoms with Crippen LogP contribution in [-0.2, 0) is 21.9 Å². The number of hydrogen-bond acceptors (Lipinski definition) is 4. The first-order valence-corrected chi connectivity index (χ1v) is 10.4. The van der Waals surface area contributed by atoms with Crippen LogP contribution in [0.5, 0.6) is 0 Å². The first-order valence-electron chi connectivity index (χ1n) is 8.62. The minimum Gasteiger partial charge on any atom is -0.337 e. The Labute approximate surface area is 168 Å². The number of sulfonamides is 1. The summed E-state index contributed by atoms with van der Waals surface area (Å²) in [7, 11) is -2.22. The summed E-state index contributed by atoms with van der Waals surface area (Å²) in [6.45, 7) is 2.43. The molecule has 1 aromatic carbocycles. The molecule has 10 heteroatoms. The van der Waals surface area contributed by atoms with Crippen molar-refractivity contribution in [2.24, 2.45) is 7.05 Å². The third-order valence-corrected chi connectivity index (χ3v) is 6.97. The number of halogens is 2. The van der Waals surface area contributed by atoms with E-state index in [1.54, 1.807) is 24.9 Å². The molecule has 1 aromatic heterocycles. The Morgan fingerprint density at radius 2 is 1.86 bits per heavy atom. The van der Waals surface area contributed by atoms with Gasteiger partial charge in [-0.05, 0) is 25.1 Å². The van der Waals surface area contributed by atoms with Crippen LogP contribution in [0.2, 0.25) is 5.15 Å². The Morgan fingerprint density at radius 1 is 1.21 bits per heavy atom. The highest BCUT2D eigenvalue weighted by molar-refractivity contribution is 7.89. The standard InChI is InChI=1S/C18H20ClFN4O3S/c1-13-14(18(19)22(2)21-13)7-8-17(25)23-9-11-24(12-10-23)28(26,27)16-6-4-3-5-15(16)20/h3-8H,9-12H2,1-2H3/b8-7+. The topological polar surface area (TPSA) is 75.5 Å². The summed E-state index contributed by atoms with van der Waals surface area (Å²) in [6, 6.07) is 5.27. The SMILES string of the molecule is Cc1nn(C)c(Cl)c1/C=C/C(=O)N1CCN(S(=O)(=O)c2ccccc2F)CC1. The maximum absolute atomic E-state index is 13.9. The maximum Gasteiger partial charge on any atom is 0.246 e. The number of aromatic nitrogens is 2. The van der Waals surface area contributed by atoms with Crippen LogP contribution in [0, 0.1) is 12.7 Å². The normalized spacial score (nSPS) is 16.1. The van der Waals surface area contributed by atoms with Gasteiger partial charge < -0.3 is 4.90 Å². The second-order valence-electron chi connectivity index (χ2n) is 6.41. The van der Waals surface area contributed by atoms with Gasteiger partial charge in [0.1, 0.15) is 15.9 Å². The maximum atomic E-state index is 13.9. The predicted octanol–water partition coefficient (Wildman–Crippen LogP) is 2.07. The van der Waals surface area contributed by atoms with E-state index in [-0.39, 0.29) is 37.0 Å². The zero-order chi connectivity index (χ0) is 20.5. The number of benzene rings is 1. The van der Waals surface area contributed by atoms with E-state index >= 15 is 0 Å². The number of hydrogen-bond donors (Lipinski definition) is 0. The zero-order valence-electron chi connectivity index (χ0n) is 15.5. The van der Waals surface area contributed by atoms with Crippen molar-refractivity contribution in [2.45, 2.75) is 11.8 Å². The Bertz CT molecular complexity index is 1030. The Hall–Kier alpha value is -2.23. The zero-order valence-corrected chi connectivity index (χ0v) is 17.0. The molecule has 0 spiro atoms. The van der Waals surface area contributed by atoms with Crippen LogP contribution < -0.4 is 0 Å². The average Bonchev–Trinajstić information content (AvgIpc) is 2.91. The highest BCUT2D eigenvalue weighted by Crippen LogP contribution is 2.22. The van der Waals surface area contributed by atoms with Gasteiger partial charge in [0.25, 0.3) is 0 Å². The fourth-order valence-corrected chi connectivity index (χ4v) is 4.76. The largest absolute Gasteiger partial charge is 0.337 e. The van der Waals surface area contributed by atoms with Gasteiger partial charge in [-0.15, -0.1) is 0 Å². The molecular formula is C18H20ClFN4O3S. The quantitative estimate of drug-likeness (QED) is 0.701. The fraction of sp³-hybridized carbons (Fsp3) is 0.333. The van der Waals surface area contributed by atoms with Gasteiger partial charge in [-0.1, -0.05) is 23.7 Å². The molecule has 0 aliphatic carbocycles. The summed E-state index contributed by atoms with van der Waals surface area (Å²) < 4.78 is 41.8. The molecule has 7 nitrogen and oxygen atoms in total. The molecule has 0 atom stereocenters. The van der Waals surface area contributed by atoms with Crippen molar-refractivity contribution in [3.8, 4) is 0 Å². The Morgan fingerprint density at radius 3 is 2.43 bits per heavy atom. The van der Waals surface area contributed by atoms with Crippen LogP contribution in [0.1, 0.15) is 11.3 Å². The van der Waals surface area contributed by atoms with Gasteiger partial charge in [-0.25, -0.2) is 12.8 Å². The van der Waals surface area contributed by atoms with Crippen molar-refractivity contribution >= 4 is 33.6 Å². The van der Waals surface area contributed by atoms with E-state index < -0.39 is 15.8 Å². The average molecular weight is 427 g/mol. The highest BCUT2D eigenvalue weighted by Gasteiger charge is 2.31. The number of nitrogens with zero attached hydrogens (tertiary/aromatic N) is 4. The van der Waals surface area contributed by atoms with E-state index in [0.29, 0.717) is 16.4 Å². The van der Waals surface area contributed by atoms with Gasteiger partial charge in [0, 0.05) is 44.9 Å². The van der Waals surface area contributed by atoms with E-state index in [9.17, 15) is 17.6 Å². The van der Waals surface area contributed by atoms with Crippen molar-refractivity contribution in [2.75, 3.05) is 26.2 Å². The summed E-state index contributed by atoms with van der Waals surface area (Å²) in [4.78, 5) is 13.6. The lowest BCUT2D eigenvalue weighted by molar-refractivity contribution is -0.127. The Balaban J connectivity index is 1.66. The van der Waals surface area contributed by atoms with Gasteiger partial charge in [-0.3, -0.25) is 9.48 Å². The third kappa shape index (κ3) is 3.96. The number of rotatable bonds is 4. The van der Waals surface area contributed by atoms with Gasteiger partial charge >= 0.3 is 0 Å². The Kier molecular flexibility index (Phi) is 5.87. The molecule has 2 heterocycles. The predicted molar refractivity (Wildman–Crippen MR) is 104 cm³/mol. The van der Waals surface area contributed by atoms with Crippen molar-refractivity contribution in [3.05, 3.63) is 52.6 Å². The van der Waals surface area contributed by atoms with Crippen LogP contribution in [0.4, 0.5) is 4.39 Å². The first-order chi connectivity index (χ1) is 13.2. The number of aryl methyl sites for hydroxylation is 2. The van der Waals surface area contributed by atoms with Crippen LogP contribution in [0.15, 0.2) is 35.2 Å². The summed E-state index contributed by atoms with van der Waals surface area (Å²) in [6.07, 6.45) is 3.01. The van der Waals surface area contributed by atoms with Crippen LogP contribution in [-0.4, -0.2) is 59.5 Å². The van der Waals surface area contributed by atoms with Crippen molar-refractivity contribution < 1.29 is 17.6 Å². The van der Waals surface area contributed by atoms with E-state index in [4.69, 9.17) is 11.6 Å². The van der Waals surface area contributed by atoms with E-state index in [0.717, 1.165) is 6.07 Å². The number of amides is 1. The number of carbonyl (C=O) groups is 1. The van der Waals surface area contributed by atoms with Crippen molar-refractivity contribution in [1.29, 1.82) is 0 Å². The molecule has 0 bridgehead atoms. The summed E-state index contributed by atoms with van der Waals surface area (Å²) in [5.41, 5.74) is 1.37. The molecule has 0 N–H and O–H groups in total. The monoisotopic (exact) mass is 426 g/mol. The summed E-state index contributed by atoms with van der Waals surface area (Å²) in [5.74, 6) is -1.03. The van der Waals surface area contributed by atoms with Gasteiger partial charge in [0.2, 0.25) is 15.9 Å². The lowest BCUT2D eigenvalue weighted by Gasteiger charge is -2.33. The van der Waals surface area contributed by atoms with E-state index in [1.807, 2.05) is 0 Å². The van der Waals surface area contributed by atoms with Gasteiger partial charge in [0.15, 0.2) is 0 Å². The molecule has 1 aliphatic rings. The third-order valence-electron chi connectivity index (χ3n) is 4.59. The molecule has 1 fully saturated rings. The molecule has 3 rings (SSSR count). The van der Waals surface area contributed by atoms with Crippen molar-refractivity contribution in [1.82, 2.24) is 19.0 Å². The first kappa shape index (κ1) is 20.5. The molecule has 1 amide bonds. The second-order valence-corrected chi connectivity index (χ2v) is 8.67. The van der Waals surface area contributed by atoms with Crippen LogP contribution >= 0.6 is 11.6 Å². The lowest BCUT2D eigenvalue weighted by atomic mass is 10.2. The molecule has 1 saturated heterocycles. The van der Waals surface area contributed by atoms with E-state index in [1.165, 1.54) is 33.3 Å². The molecule has 28 heavy (non-hydrogen) atoms. The number of carbonyl (C=O) groups excluding carboxylic acids is 1. The minimum atomic E-state index is -3.93.